The Morgan fingerprint density at radius 2 is 1.91 bits per heavy atom. The number of likely N-dealkylation sites (N-methyl/N-ethyl adjacent to an activating group) is 1. The third kappa shape index (κ3) is 2.69. The lowest BCUT2D eigenvalue weighted by atomic mass is 9.96. The van der Waals surface area contributed by atoms with Crippen LogP contribution in [0.4, 0.5) is 9.18 Å². The van der Waals surface area contributed by atoms with Gasteiger partial charge in [-0.25, -0.2) is 9.18 Å². The Morgan fingerprint density at radius 3 is 2.52 bits per heavy atom. The number of rotatable bonds is 3. The highest BCUT2D eigenvalue weighted by atomic mass is 19.1. The van der Waals surface area contributed by atoms with Crippen LogP contribution in [0.2, 0.25) is 0 Å². The van der Waals surface area contributed by atoms with Crippen LogP contribution in [0.25, 0.3) is 0 Å². The van der Waals surface area contributed by atoms with Crippen molar-refractivity contribution in [2.45, 2.75) is 19.9 Å². The van der Waals surface area contributed by atoms with Gasteiger partial charge in [-0.05, 0) is 23.6 Å². The highest BCUT2D eigenvalue weighted by Gasteiger charge is 2.42. The zero-order valence-electron chi connectivity index (χ0n) is 13.5. The number of benzene rings is 1. The van der Waals surface area contributed by atoms with E-state index in [1.54, 1.807) is 24.1 Å². The summed E-state index contributed by atoms with van der Waals surface area (Å²) in [6.07, 6.45) is 0. The number of carbonyl (C=O) groups is 2. The monoisotopic (exact) mass is 317 g/mol. The van der Waals surface area contributed by atoms with Crippen molar-refractivity contribution in [1.29, 1.82) is 0 Å². The highest BCUT2D eigenvalue weighted by molar-refractivity contribution is 6.01. The predicted molar refractivity (Wildman–Crippen MR) is 83.9 cm³/mol. The van der Waals surface area contributed by atoms with Crippen molar-refractivity contribution >= 4 is 11.9 Å². The van der Waals surface area contributed by atoms with E-state index in [0.29, 0.717) is 30.1 Å². The van der Waals surface area contributed by atoms with Crippen LogP contribution in [-0.4, -0.2) is 41.9 Å². The Bertz CT molecular complexity index is 682. The number of hydrogen-bond acceptors (Lipinski definition) is 2. The van der Waals surface area contributed by atoms with Crippen molar-refractivity contribution < 1.29 is 14.0 Å². The molecule has 23 heavy (non-hydrogen) atoms. The number of nitrogens with zero attached hydrogens (tertiary/aromatic N) is 2. The van der Waals surface area contributed by atoms with E-state index < -0.39 is 6.04 Å². The van der Waals surface area contributed by atoms with E-state index in [1.807, 2.05) is 0 Å². The van der Waals surface area contributed by atoms with E-state index in [0.717, 1.165) is 5.70 Å². The van der Waals surface area contributed by atoms with Gasteiger partial charge in [0.1, 0.15) is 5.82 Å². The standard InChI is InChI=1S/C17H20FN3O2/c1-10(2)8-21-9-13-14(16(21)22)15(19-17(23)20(13)3)11-4-6-12(18)7-5-11/h4-7,10,15H,8-9H2,1-3H3,(H,19,23)/t15-/m0/s1. The van der Waals surface area contributed by atoms with Gasteiger partial charge in [0.05, 0.1) is 23.9 Å². The van der Waals surface area contributed by atoms with E-state index >= 15 is 0 Å². The van der Waals surface area contributed by atoms with Crippen LogP contribution in [0, 0.1) is 11.7 Å². The zero-order valence-corrected chi connectivity index (χ0v) is 13.5. The normalized spacial score (nSPS) is 21.2. The first kappa shape index (κ1) is 15.5. The molecule has 1 aromatic carbocycles. The molecule has 1 N–H and O–H groups in total. The average Bonchev–Trinajstić information content (AvgIpc) is 2.81. The van der Waals surface area contributed by atoms with E-state index in [1.165, 1.54) is 17.0 Å². The molecule has 0 aromatic heterocycles. The van der Waals surface area contributed by atoms with Crippen LogP contribution in [0.15, 0.2) is 35.5 Å². The molecule has 122 valence electrons. The van der Waals surface area contributed by atoms with Gasteiger partial charge in [0.25, 0.3) is 5.91 Å². The van der Waals surface area contributed by atoms with E-state index in [9.17, 15) is 14.0 Å². The minimum Gasteiger partial charge on any atom is -0.333 e. The van der Waals surface area contributed by atoms with Crippen LogP contribution < -0.4 is 5.32 Å². The quantitative estimate of drug-likeness (QED) is 0.930. The predicted octanol–water partition coefficient (Wildman–Crippen LogP) is 2.27. The Morgan fingerprint density at radius 1 is 1.26 bits per heavy atom. The van der Waals surface area contributed by atoms with E-state index in [4.69, 9.17) is 0 Å². The van der Waals surface area contributed by atoms with Gasteiger partial charge in [-0.2, -0.15) is 0 Å². The molecular weight excluding hydrogens is 297 g/mol. The number of amides is 3. The molecule has 2 aliphatic heterocycles. The molecular formula is C17H20FN3O2. The van der Waals surface area contributed by atoms with E-state index in [-0.39, 0.29) is 17.8 Å². The van der Waals surface area contributed by atoms with Crippen molar-refractivity contribution in [2.24, 2.45) is 5.92 Å². The van der Waals surface area contributed by atoms with Crippen LogP contribution in [0.3, 0.4) is 0 Å². The van der Waals surface area contributed by atoms with Crippen molar-refractivity contribution in [3.05, 3.63) is 46.9 Å². The summed E-state index contributed by atoms with van der Waals surface area (Å²) >= 11 is 0. The SMILES string of the molecule is CC(C)CN1CC2=C(C1=O)[C@H](c1ccc(F)cc1)NC(=O)N2C. The lowest BCUT2D eigenvalue weighted by molar-refractivity contribution is -0.126. The first-order valence-electron chi connectivity index (χ1n) is 7.70. The van der Waals surface area contributed by atoms with Gasteiger partial charge in [-0.3, -0.25) is 9.69 Å². The second-order valence-corrected chi connectivity index (χ2v) is 6.43. The topological polar surface area (TPSA) is 52.7 Å². The average molecular weight is 317 g/mol. The molecule has 1 atom stereocenters. The highest BCUT2D eigenvalue weighted by Crippen LogP contribution is 2.35. The summed E-state index contributed by atoms with van der Waals surface area (Å²) in [5.74, 6) is -0.0604. The number of urea groups is 1. The molecule has 0 radical (unpaired) electrons. The van der Waals surface area contributed by atoms with Crippen molar-refractivity contribution in [3.63, 3.8) is 0 Å². The number of carbonyl (C=O) groups excluding carboxylic acids is 2. The Hall–Kier alpha value is -2.37. The summed E-state index contributed by atoms with van der Waals surface area (Å²) in [5.41, 5.74) is 2.02. The molecule has 0 saturated heterocycles. The maximum absolute atomic E-state index is 13.2. The van der Waals surface area contributed by atoms with Gasteiger partial charge >= 0.3 is 6.03 Å². The molecule has 0 bridgehead atoms. The summed E-state index contributed by atoms with van der Waals surface area (Å²) in [6.45, 7) is 5.18. The van der Waals surface area contributed by atoms with Crippen LogP contribution >= 0.6 is 0 Å². The van der Waals surface area contributed by atoms with Gasteiger partial charge in [0, 0.05) is 13.6 Å². The molecule has 2 heterocycles. The van der Waals surface area contributed by atoms with Crippen LogP contribution in [-0.2, 0) is 4.79 Å². The molecule has 0 aliphatic carbocycles. The smallest absolute Gasteiger partial charge is 0.322 e. The fourth-order valence-electron chi connectivity index (χ4n) is 3.12. The largest absolute Gasteiger partial charge is 0.333 e. The van der Waals surface area contributed by atoms with Crippen molar-refractivity contribution in [3.8, 4) is 0 Å². The molecule has 0 fully saturated rings. The minimum atomic E-state index is -0.529. The fourth-order valence-corrected chi connectivity index (χ4v) is 3.12. The third-order valence-corrected chi connectivity index (χ3v) is 4.22. The van der Waals surface area contributed by atoms with Gasteiger partial charge in [-0.1, -0.05) is 26.0 Å². The molecule has 0 spiro atoms. The Kier molecular flexibility index (Phi) is 3.83. The van der Waals surface area contributed by atoms with E-state index in [2.05, 4.69) is 19.2 Å². The Balaban J connectivity index is 1.99. The molecule has 0 unspecified atom stereocenters. The summed E-state index contributed by atoms with van der Waals surface area (Å²) in [7, 11) is 1.66. The minimum absolute atomic E-state index is 0.0603. The Labute approximate surface area is 134 Å². The lowest BCUT2D eigenvalue weighted by Crippen LogP contribution is -2.45. The maximum Gasteiger partial charge on any atom is 0.322 e. The molecule has 0 saturated carbocycles. The summed E-state index contributed by atoms with van der Waals surface area (Å²) in [5, 5.41) is 2.84. The summed E-state index contributed by atoms with van der Waals surface area (Å²) in [4.78, 5) is 28.3. The second-order valence-electron chi connectivity index (χ2n) is 6.43. The lowest BCUT2D eigenvalue weighted by Gasteiger charge is -2.31. The van der Waals surface area contributed by atoms with Crippen LogP contribution in [0.1, 0.15) is 25.5 Å². The third-order valence-electron chi connectivity index (χ3n) is 4.22. The van der Waals surface area contributed by atoms with Gasteiger partial charge in [-0.15, -0.1) is 0 Å². The van der Waals surface area contributed by atoms with Crippen molar-refractivity contribution in [1.82, 2.24) is 15.1 Å². The zero-order chi connectivity index (χ0) is 16.7. The summed E-state index contributed by atoms with van der Waals surface area (Å²) in [6, 6.07) is 5.11. The van der Waals surface area contributed by atoms with Gasteiger partial charge in [0.15, 0.2) is 0 Å². The molecule has 3 rings (SSSR count). The number of nitrogens with one attached hydrogen (secondary N) is 1. The van der Waals surface area contributed by atoms with Gasteiger partial charge < -0.3 is 10.2 Å². The second kappa shape index (κ2) is 5.68. The van der Waals surface area contributed by atoms with Crippen LogP contribution in [0.5, 0.6) is 0 Å². The first-order chi connectivity index (χ1) is 10.9. The maximum atomic E-state index is 13.2. The number of halogens is 1. The fraction of sp³-hybridized carbons (Fsp3) is 0.412. The molecule has 5 nitrogen and oxygen atoms in total. The molecule has 3 amide bonds. The summed E-state index contributed by atoms with van der Waals surface area (Å²) < 4.78 is 13.2. The molecule has 6 heteroatoms. The van der Waals surface area contributed by atoms with Crippen molar-refractivity contribution in [2.75, 3.05) is 20.1 Å². The molecule has 1 aromatic rings. The number of hydrogen-bond donors (Lipinski definition) is 1. The molecule has 2 aliphatic rings. The van der Waals surface area contributed by atoms with Gasteiger partial charge in [0.2, 0.25) is 0 Å². The first-order valence-corrected chi connectivity index (χ1v) is 7.70.